The van der Waals surface area contributed by atoms with Crippen LogP contribution in [0, 0.1) is 0 Å². The molecule has 0 amide bonds. The topological polar surface area (TPSA) is 64.7 Å². The zero-order valence-corrected chi connectivity index (χ0v) is 27.2. The van der Waals surface area contributed by atoms with Gasteiger partial charge >= 0.3 is 0 Å². The Morgan fingerprint density at radius 2 is 1.49 bits per heavy atom. The summed E-state index contributed by atoms with van der Waals surface area (Å²) in [7, 11) is 0. The number of nitrogens with two attached hydrogens (primary N) is 1. The molecule has 2 heterocycles. The van der Waals surface area contributed by atoms with Crippen LogP contribution in [0.25, 0.3) is 66.6 Å². The van der Waals surface area contributed by atoms with Gasteiger partial charge in [0, 0.05) is 38.4 Å². The van der Waals surface area contributed by atoms with Crippen LogP contribution in [0.5, 0.6) is 0 Å². The maximum absolute atomic E-state index is 6.78. The minimum Gasteiger partial charge on any atom is -0.456 e. The van der Waals surface area contributed by atoms with Gasteiger partial charge < -0.3 is 14.6 Å². The number of hydrogen-bond acceptors (Lipinski definition) is 4. The molecule has 0 fully saturated rings. The fourth-order valence-corrected chi connectivity index (χ4v) is 7.27. The maximum atomic E-state index is 6.78. The molecular formula is C45H34N2O2. The molecule has 1 unspecified atom stereocenters. The molecule has 236 valence electrons. The number of aryl methyl sites for hydroxylation is 1. The molecule has 9 rings (SSSR count). The van der Waals surface area contributed by atoms with E-state index >= 15 is 0 Å². The summed E-state index contributed by atoms with van der Waals surface area (Å²) in [5, 5.41) is 5.60. The third kappa shape index (κ3) is 5.13. The molecule has 49 heavy (non-hydrogen) atoms. The average Bonchev–Trinajstić information content (AvgIpc) is 3.73. The number of hydrogen-bond donors (Lipinski definition) is 1. The van der Waals surface area contributed by atoms with Crippen LogP contribution in [0.3, 0.4) is 0 Å². The Kier molecular flexibility index (Phi) is 7.02. The fraction of sp³-hybridized carbons (Fsp3) is 0.0889. The van der Waals surface area contributed by atoms with Gasteiger partial charge in [0.2, 0.25) is 0 Å². The quantitative estimate of drug-likeness (QED) is 0.185. The van der Waals surface area contributed by atoms with Gasteiger partial charge in [-0.2, -0.15) is 0 Å². The first-order valence-corrected chi connectivity index (χ1v) is 16.9. The van der Waals surface area contributed by atoms with Crippen molar-refractivity contribution in [3.63, 3.8) is 0 Å². The standard InChI is InChI=1S/C45H34N2O2/c1-28(38-24-33(29-12-4-2-5-13-29)26-43-44(38)37-18-10-11-19-41(37)48-43)47-40(27-39(46)31-15-6-3-7-16-31)32-21-22-35-36-23-20-30-14-8-9-17-34(30)45(36)49-42(35)25-32/h2-9,11-17,19-28H,10,18,46H2,1H3/b39-27-,47-40+. The first-order chi connectivity index (χ1) is 24.1. The first kappa shape index (κ1) is 29.0. The van der Waals surface area contributed by atoms with Gasteiger partial charge in [0.25, 0.3) is 0 Å². The Morgan fingerprint density at radius 1 is 0.714 bits per heavy atom. The van der Waals surface area contributed by atoms with Crippen LogP contribution in [-0.4, -0.2) is 5.71 Å². The summed E-state index contributed by atoms with van der Waals surface area (Å²) < 4.78 is 13.1. The van der Waals surface area contributed by atoms with E-state index in [0.717, 1.165) is 95.8 Å². The third-order valence-electron chi connectivity index (χ3n) is 9.73. The van der Waals surface area contributed by atoms with Gasteiger partial charge in [0.1, 0.15) is 22.5 Å². The summed E-state index contributed by atoms with van der Waals surface area (Å²) in [6, 6.07) is 43.8. The number of nitrogens with zero attached hydrogens (tertiary/aromatic N) is 1. The fourth-order valence-electron chi connectivity index (χ4n) is 7.27. The summed E-state index contributed by atoms with van der Waals surface area (Å²) in [5.74, 6) is 0.945. The van der Waals surface area contributed by atoms with Crippen molar-refractivity contribution in [3.8, 4) is 11.1 Å². The van der Waals surface area contributed by atoms with E-state index < -0.39 is 0 Å². The monoisotopic (exact) mass is 634 g/mol. The summed E-state index contributed by atoms with van der Waals surface area (Å²) in [6.45, 7) is 2.17. The summed E-state index contributed by atoms with van der Waals surface area (Å²) in [4.78, 5) is 5.47. The Morgan fingerprint density at radius 3 is 2.35 bits per heavy atom. The highest BCUT2D eigenvalue weighted by Gasteiger charge is 2.22. The Labute approximate surface area is 284 Å². The number of furan rings is 2. The molecule has 0 bridgehead atoms. The normalized spacial score (nSPS) is 14.2. The molecule has 1 aliphatic rings. The van der Waals surface area contributed by atoms with Gasteiger partial charge in [-0.1, -0.05) is 103 Å². The molecule has 1 atom stereocenters. The minimum absolute atomic E-state index is 0.205. The third-order valence-corrected chi connectivity index (χ3v) is 9.73. The molecule has 4 heteroatoms. The van der Waals surface area contributed by atoms with Gasteiger partial charge in [-0.05, 0) is 89.9 Å². The zero-order chi connectivity index (χ0) is 32.9. The highest BCUT2D eigenvalue weighted by Crippen LogP contribution is 2.40. The Bertz CT molecular complexity index is 2620. The molecule has 0 aliphatic heterocycles. The van der Waals surface area contributed by atoms with E-state index in [2.05, 4.69) is 110 Å². The van der Waals surface area contributed by atoms with E-state index in [1.54, 1.807) is 0 Å². The van der Waals surface area contributed by atoms with Crippen LogP contribution in [0.2, 0.25) is 0 Å². The average molecular weight is 635 g/mol. The van der Waals surface area contributed by atoms with Crippen molar-refractivity contribution < 1.29 is 8.83 Å². The van der Waals surface area contributed by atoms with Crippen molar-refractivity contribution in [1.29, 1.82) is 0 Å². The molecule has 0 radical (unpaired) electrons. The van der Waals surface area contributed by atoms with E-state index in [1.807, 2.05) is 42.5 Å². The number of aliphatic imine (C=N–C) groups is 1. The highest BCUT2D eigenvalue weighted by molar-refractivity contribution is 6.18. The lowest BCUT2D eigenvalue weighted by atomic mass is 9.92. The molecule has 0 spiro atoms. The van der Waals surface area contributed by atoms with Crippen molar-refractivity contribution in [3.05, 3.63) is 168 Å². The summed E-state index contributed by atoms with van der Waals surface area (Å²) >= 11 is 0. The molecule has 8 aromatic rings. The van der Waals surface area contributed by atoms with Crippen LogP contribution in [-0.2, 0) is 6.42 Å². The van der Waals surface area contributed by atoms with Gasteiger partial charge in [-0.15, -0.1) is 0 Å². The second-order valence-corrected chi connectivity index (χ2v) is 12.8. The number of fused-ring (bicyclic) bond motifs is 8. The SMILES string of the molecule is CC(/N=C(\C=C(/N)c1ccccc1)c1ccc2c(c1)oc1c3ccccc3ccc21)c1cc(-c2ccccc2)cc2oc3c(c12)CCC=C3. The first-order valence-electron chi connectivity index (χ1n) is 16.9. The molecule has 0 saturated carbocycles. The van der Waals surface area contributed by atoms with E-state index in [-0.39, 0.29) is 6.04 Å². The molecule has 6 aromatic carbocycles. The van der Waals surface area contributed by atoms with Gasteiger partial charge in [0.15, 0.2) is 0 Å². The van der Waals surface area contributed by atoms with E-state index in [0.29, 0.717) is 5.70 Å². The lowest BCUT2D eigenvalue weighted by Gasteiger charge is -2.15. The molecule has 0 saturated heterocycles. The van der Waals surface area contributed by atoms with Crippen LogP contribution in [0.15, 0.2) is 153 Å². The number of allylic oxidation sites excluding steroid dienone is 2. The smallest absolute Gasteiger partial charge is 0.143 e. The van der Waals surface area contributed by atoms with Crippen LogP contribution in [0.4, 0.5) is 0 Å². The van der Waals surface area contributed by atoms with E-state index in [9.17, 15) is 0 Å². The van der Waals surface area contributed by atoms with Crippen molar-refractivity contribution >= 4 is 61.2 Å². The second-order valence-electron chi connectivity index (χ2n) is 12.8. The number of benzene rings is 6. The largest absolute Gasteiger partial charge is 0.456 e. The van der Waals surface area contributed by atoms with Gasteiger partial charge in [-0.3, -0.25) is 4.99 Å². The van der Waals surface area contributed by atoms with Crippen LogP contribution >= 0.6 is 0 Å². The predicted octanol–water partition coefficient (Wildman–Crippen LogP) is 11.7. The lowest BCUT2D eigenvalue weighted by molar-refractivity contribution is 0.595. The lowest BCUT2D eigenvalue weighted by Crippen LogP contribution is -2.06. The van der Waals surface area contributed by atoms with Crippen molar-refractivity contribution in [2.45, 2.75) is 25.8 Å². The van der Waals surface area contributed by atoms with Crippen molar-refractivity contribution in [2.24, 2.45) is 10.7 Å². The van der Waals surface area contributed by atoms with Crippen molar-refractivity contribution in [2.75, 3.05) is 0 Å². The summed E-state index contributed by atoms with van der Waals surface area (Å²) in [5.41, 5.74) is 17.4. The van der Waals surface area contributed by atoms with E-state index in [1.165, 1.54) is 5.56 Å². The van der Waals surface area contributed by atoms with E-state index in [4.69, 9.17) is 19.6 Å². The number of rotatable bonds is 6. The Hall–Kier alpha value is -6.13. The van der Waals surface area contributed by atoms with Gasteiger partial charge in [0.05, 0.1) is 11.8 Å². The Balaban J connectivity index is 1.24. The zero-order valence-electron chi connectivity index (χ0n) is 27.2. The predicted molar refractivity (Wildman–Crippen MR) is 204 cm³/mol. The van der Waals surface area contributed by atoms with Crippen LogP contribution in [0.1, 0.15) is 47.4 Å². The molecule has 4 nitrogen and oxygen atoms in total. The summed E-state index contributed by atoms with van der Waals surface area (Å²) in [6.07, 6.45) is 8.23. The molecule has 1 aliphatic carbocycles. The molecular weight excluding hydrogens is 601 g/mol. The maximum Gasteiger partial charge on any atom is 0.143 e. The minimum atomic E-state index is -0.205. The molecule has 2 N–H and O–H groups in total. The molecule has 2 aromatic heterocycles. The van der Waals surface area contributed by atoms with Crippen LogP contribution < -0.4 is 5.73 Å². The second kappa shape index (κ2) is 11.8. The highest BCUT2D eigenvalue weighted by atomic mass is 16.3. The van der Waals surface area contributed by atoms with Gasteiger partial charge in [-0.25, -0.2) is 0 Å². The van der Waals surface area contributed by atoms with Crippen molar-refractivity contribution in [1.82, 2.24) is 0 Å².